The zero-order valence-corrected chi connectivity index (χ0v) is 17.3. The maximum atomic E-state index is 12.7. The summed E-state index contributed by atoms with van der Waals surface area (Å²) < 4.78 is 7.95. The van der Waals surface area contributed by atoms with E-state index in [2.05, 4.69) is 25.6 Å². The highest BCUT2D eigenvalue weighted by molar-refractivity contribution is 6.33. The molecule has 0 saturated heterocycles. The molecule has 0 aliphatic rings. The maximum absolute atomic E-state index is 12.7. The van der Waals surface area contributed by atoms with Gasteiger partial charge in [0, 0.05) is 41.9 Å². The summed E-state index contributed by atoms with van der Waals surface area (Å²) in [5, 5.41) is 16.2. The fraction of sp³-hybridized carbons (Fsp3) is 0.250. The van der Waals surface area contributed by atoms with Gasteiger partial charge >= 0.3 is 0 Å². The molecule has 0 fully saturated rings. The number of nitrogens with one attached hydrogen (secondary N) is 3. The molecule has 0 spiro atoms. The van der Waals surface area contributed by atoms with Gasteiger partial charge in [-0.15, -0.1) is 0 Å². The van der Waals surface area contributed by atoms with E-state index in [1.54, 1.807) is 38.2 Å². The summed E-state index contributed by atoms with van der Waals surface area (Å²) in [5.74, 6) is 0.0893. The fourth-order valence-corrected chi connectivity index (χ4v) is 3.15. The van der Waals surface area contributed by atoms with E-state index in [0.29, 0.717) is 38.2 Å². The number of aromatic nitrogens is 3. The van der Waals surface area contributed by atoms with E-state index >= 15 is 0 Å². The molecule has 0 aliphatic heterocycles. The van der Waals surface area contributed by atoms with Crippen LogP contribution >= 0.6 is 23.2 Å². The Balaban J connectivity index is 1.80. The van der Waals surface area contributed by atoms with E-state index in [1.165, 1.54) is 18.6 Å². The van der Waals surface area contributed by atoms with Gasteiger partial charge in [-0.25, -0.2) is 4.98 Å². The van der Waals surface area contributed by atoms with Crippen molar-refractivity contribution in [3.8, 4) is 11.1 Å². The Morgan fingerprint density at radius 1 is 1.28 bits per heavy atom. The van der Waals surface area contributed by atoms with Crippen molar-refractivity contribution in [2.75, 3.05) is 11.9 Å². The number of aliphatic hydroxyl groups is 1. The minimum atomic E-state index is -0.907. The number of hydrogen-bond acceptors (Lipinski definition) is 5. The molecule has 0 aliphatic carbocycles. The first-order valence-corrected chi connectivity index (χ1v) is 9.56. The molecule has 0 bridgehead atoms. The van der Waals surface area contributed by atoms with Crippen LogP contribution in [0.15, 0.2) is 43.0 Å². The van der Waals surface area contributed by atoms with Crippen molar-refractivity contribution in [3.05, 3.63) is 64.3 Å². The Hall–Kier alpha value is -2.61. The summed E-state index contributed by atoms with van der Waals surface area (Å²) in [4.78, 5) is 23.8. The molecular formula is C20H21Cl2N5O2. The predicted molar refractivity (Wildman–Crippen MR) is 114 cm³/mol. The molecule has 0 radical (unpaired) electrons. The summed E-state index contributed by atoms with van der Waals surface area (Å²) >= 11 is 12.2. The van der Waals surface area contributed by atoms with Crippen molar-refractivity contribution in [1.82, 2.24) is 20.3 Å². The van der Waals surface area contributed by atoms with Gasteiger partial charge in [-0.3, -0.25) is 9.78 Å². The Kier molecular flexibility index (Phi) is 6.29. The first kappa shape index (κ1) is 19.7. The van der Waals surface area contributed by atoms with Crippen LogP contribution in [0.4, 0.5) is 5.82 Å². The van der Waals surface area contributed by atoms with Gasteiger partial charge in [0.15, 0.2) is 0 Å². The molecular weight excluding hydrogens is 413 g/mol. The molecule has 1 amide bonds. The Morgan fingerprint density at radius 3 is 2.76 bits per heavy atom. The zero-order valence-electron chi connectivity index (χ0n) is 16.8. The van der Waals surface area contributed by atoms with Crippen LogP contribution in [0, 0.1) is 0 Å². The van der Waals surface area contributed by atoms with Gasteiger partial charge in [-0.1, -0.05) is 23.2 Å². The van der Waals surface area contributed by atoms with Crippen molar-refractivity contribution in [2.24, 2.45) is 0 Å². The van der Waals surface area contributed by atoms with E-state index in [-0.39, 0.29) is 6.61 Å². The lowest BCUT2D eigenvalue weighted by Crippen LogP contribution is -2.31. The zero-order chi connectivity index (χ0) is 21.9. The second-order valence-corrected chi connectivity index (χ2v) is 7.47. The summed E-state index contributed by atoms with van der Waals surface area (Å²) in [6.45, 7) is 3.10. The van der Waals surface area contributed by atoms with E-state index in [1.807, 2.05) is 0 Å². The third kappa shape index (κ3) is 5.26. The molecule has 0 unspecified atom stereocenters. The minimum absolute atomic E-state index is 0.293. The number of anilines is 1. The third-order valence-electron chi connectivity index (χ3n) is 4.09. The molecule has 0 aromatic carbocycles. The van der Waals surface area contributed by atoms with Crippen LogP contribution in [0.2, 0.25) is 10.0 Å². The van der Waals surface area contributed by atoms with Crippen molar-refractivity contribution in [3.63, 3.8) is 0 Å². The second kappa shape index (κ2) is 9.26. The normalized spacial score (nSPS) is 12.9. The van der Waals surface area contributed by atoms with E-state index in [0.717, 1.165) is 0 Å². The third-order valence-corrected chi connectivity index (χ3v) is 4.60. The average Bonchev–Trinajstić information content (AvgIpc) is 3.16. The Bertz CT molecular complexity index is 1050. The monoisotopic (exact) mass is 434 g/mol. The number of aromatic amines is 1. The van der Waals surface area contributed by atoms with E-state index < -0.39 is 18.0 Å². The number of hydrogen-bond donors (Lipinski definition) is 4. The van der Waals surface area contributed by atoms with Gasteiger partial charge < -0.3 is 20.7 Å². The molecule has 9 heteroatoms. The van der Waals surface area contributed by atoms with Gasteiger partial charge in [-0.05, 0) is 37.6 Å². The molecule has 29 heavy (non-hydrogen) atoms. The first-order chi connectivity index (χ1) is 14.2. The first-order valence-electron chi connectivity index (χ1n) is 9.31. The number of aliphatic hydroxyl groups excluding tert-OH is 1. The quantitative estimate of drug-likeness (QED) is 0.448. The van der Waals surface area contributed by atoms with Crippen LogP contribution < -0.4 is 10.6 Å². The van der Waals surface area contributed by atoms with Crippen LogP contribution in [-0.2, 0) is 0 Å². The van der Waals surface area contributed by atoms with Crippen molar-refractivity contribution < 1.29 is 11.3 Å². The number of pyridine rings is 2. The molecule has 3 aromatic heterocycles. The van der Waals surface area contributed by atoms with Crippen molar-refractivity contribution in [2.45, 2.75) is 25.9 Å². The van der Waals surface area contributed by atoms with Gasteiger partial charge in [-0.2, -0.15) is 0 Å². The lowest BCUT2D eigenvalue weighted by atomic mass is 10.1. The summed E-state index contributed by atoms with van der Waals surface area (Å²) in [7, 11) is 0. The number of rotatable bonds is 7. The van der Waals surface area contributed by atoms with Gasteiger partial charge in [0.1, 0.15) is 11.5 Å². The summed E-state index contributed by atoms with van der Waals surface area (Å²) in [6, 6.07) is 3.44. The van der Waals surface area contributed by atoms with Crippen molar-refractivity contribution >= 4 is 34.9 Å². The van der Waals surface area contributed by atoms with Gasteiger partial charge in [0.25, 0.3) is 5.91 Å². The maximum Gasteiger partial charge on any atom is 0.268 e. The molecule has 3 rings (SSSR count). The highest BCUT2D eigenvalue weighted by atomic mass is 35.5. The van der Waals surface area contributed by atoms with Crippen LogP contribution in [-0.4, -0.2) is 38.6 Å². The Morgan fingerprint density at radius 2 is 2.07 bits per heavy atom. The molecule has 7 nitrogen and oxygen atoms in total. The number of carbonyl (C=O) groups is 1. The number of halogens is 2. The highest BCUT2D eigenvalue weighted by Gasteiger charge is 2.18. The standard InChI is InChI=1S/C20H21Cl2N5O2/c1-11(2)26-19-5-15(16(22)9-25-19)12-4-17(24-7-12)20(29)27-18(10-28)13-3-14(21)8-23-6-13/h3-9,11,18,24,28H,10H2,1-2H3,(H,25,26)(H,27,29)/t18-/m1/s1/i11D. The highest BCUT2D eigenvalue weighted by Crippen LogP contribution is 2.30. The minimum Gasteiger partial charge on any atom is -0.394 e. The molecule has 152 valence electrons. The van der Waals surface area contributed by atoms with E-state index in [9.17, 15) is 9.90 Å². The van der Waals surface area contributed by atoms with E-state index in [4.69, 9.17) is 24.6 Å². The largest absolute Gasteiger partial charge is 0.394 e. The lowest BCUT2D eigenvalue weighted by Gasteiger charge is -2.16. The number of H-pyrrole nitrogens is 1. The lowest BCUT2D eigenvalue weighted by molar-refractivity contribution is 0.0911. The average molecular weight is 435 g/mol. The second-order valence-electron chi connectivity index (χ2n) is 6.62. The van der Waals surface area contributed by atoms with Crippen LogP contribution in [0.1, 0.15) is 37.3 Å². The van der Waals surface area contributed by atoms with Crippen LogP contribution in [0.25, 0.3) is 11.1 Å². The summed E-state index contributed by atoms with van der Waals surface area (Å²) in [6.07, 6.45) is 6.15. The van der Waals surface area contributed by atoms with Crippen molar-refractivity contribution in [1.29, 1.82) is 0 Å². The summed E-state index contributed by atoms with van der Waals surface area (Å²) in [5.41, 5.74) is 2.23. The molecule has 3 aromatic rings. The number of amides is 1. The Labute approximate surface area is 179 Å². The molecule has 0 saturated carbocycles. The molecule has 1 atom stereocenters. The molecule has 4 N–H and O–H groups in total. The smallest absolute Gasteiger partial charge is 0.268 e. The topological polar surface area (TPSA) is 103 Å². The fourth-order valence-electron chi connectivity index (χ4n) is 2.75. The SMILES string of the molecule is [2H]C(C)(C)Nc1cc(-c2c[nH]c(C(=O)N[C@H](CO)c3cncc(Cl)c3)c2)c(Cl)cn1. The number of carbonyl (C=O) groups excluding carboxylic acids is 1. The van der Waals surface area contributed by atoms with Gasteiger partial charge in [0.2, 0.25) is 0 Å². The van der Waals surface area contributed by atoms with Crippen LogP contribution in [0.3, 0.4) is 0 Å². The van der Waals surface area contributed by atoms with Gasteiger partial charge in [0.05, 0.1) is 24.1 Å². The van der Waals surface area contributed by atoms with Crippen LogP contribution in [0.5, 0.6) is 0 Å². The molecule has 3 heterocycles. The predicted octanol–water partition coefficient (Wildman–Crippen LogP) is 4.06. The number of nitrogens with zero attached hydrogens (tertiary/aromatic N) is 2.